The van der Waals surface area contributed by atoms with Gasteiger partial charge in [-0.1, -0.05) is 0 Å². The van der Waals surface area contributed by atoms with Gasteiger partial charge in [-0.15, -0.1) is 0 Å². The van der Waals surface area contributed by atoms with Gasteiger partial charge in [0.1, 0.15) is 0 Å². The second-order valence-electron chi connectivity index (χ2n) is 3.71. The Morgan fingerprint density at radius 2 is 2.40 bits per heavy atom. The number of anilines is 2. The van der Waals surface area contributed by atoms with Crippen LogP contribution in [0, 0.1) is 11.7 Å². The molecule has 1 heterocycles. The van der Waals surface area contributed by atoms with E-state index in [1.807, 2.05) is 0 Å². The summed E-state index contributed by atoms with van der Waals surface area (Å²) in [6.07, 6.45) is 2.64. The molecule has 5 nitrogen and oxygen atoms in total. The fraction of sp³-hybridized carbons (Fsp3) is 0.556. The number of rotatable bonds is 4. The monoisotopic (exact) mass is 212 g/mol. The average Bonchev–Trinajstić information content (AvgIpc) is 3.02. The van der Waals surface area contributed by atoms with E-state index in [4.69, 9.17) is 5.73 Å². The van der Waals surface area contributed by atoms with Crippen LogP contribution >= 0.6 is 0 Å². The van der Waals surface area contributed by atoms with E-state index in [0.29, 0.717) is 5.92 Å². The number of aliphatic hydroxyl groups excluding tert-OH is 1. The molecule has 1 aromatic rings. The van der Waals surface area contributed by atoms with E-state index in [1.54, 1.807) is 0 Å². The highest BCUT2D eigenvalue weighted by Gasteiger charge is 2.29. The molecular formula is C9H13FN4O. The van der Waals surface area contributed by atoms with E-state index in [9.17, 15) is 9.50 Å². The van der Waals surface area contributed by atoms with Crippen molar-refractivity contribution in [3.63, 3.8) is 0 Å². The van der Waals surface area contributed by atoms with Crippen LogP contribution < -0.4 is 11.1 Å². The van der Waals surface area contributed by atoms with E-state index in [1.165, 1.54) is 0 Å². The molecule has 0 aliphatic heterocycles. The molecule has 82 valence electrons. The number of aromatic nitrogens is 2. The largest absolute Gasteiger partial charge is 0.391 e. The highest BCUT2D eigenvalue weighted by atomic mass is 19.1. The zero-order valence-corrected chi connectivity index (χ0v) is 8.15. The normalized spacial score (nSPS) is 17.5. The number of nitrogen functional groups attached to an aromatic ring is 1. The first-order valence-electron chi connectivity index (χ1n) is 4.87. The summed E-state index contributed by atoms with van der Waals surface area (Å²) >= 11 is 0. The molecule has 6 heteroatoms. The van der Waals surface area contributed by atoms with E-state index < -0.39 is 11.9 Å². The van der Waals surface area contributed by atoms with Gasteiger partial charge in [-0.25, -0.2) is 9.37 Å². The Kier molecular flexibility index (Phi) is 2.68. The molecule has 0 radical (unpaired) electrons. The Labute approximate surface area is 86.5 Å². The van der Waals surface area contributed by atoms with Gasteiger partial charge in [0, 0.05) is 6.54 Å². The van der Waals surface area contributed by atoms with Crippen molar-refractivity contribution in [3.8, 4) is 0 Å². The number of hydrogen-bond acceptors (Lipinski definition) is 5. The van der Waals surface area contributed by atoms with Crippen LogP contribution in [0.4, 0.5) is 16.2 Å². The Morgan fingerprint density at radius 3 is 3.07 bits per heavy atom. The Balaban J connectivity index is 1.94. The minimum absolute atomic E-state index is 0.0137. The van der Waals surface area contributed by atoms with Crippen LogP contribution in [-0.2, 0) is 0 Å². The summed E-state index contributed by atoms with van der Waals surface area (Å²) in [5.74, 6) is -0.158. The lowest BCUT2D eigenvalue weighted by Crippen LogP contribution is -2.22. The molecule has 1 aliphatic carbocycles. The lowest BCUT2D eigenvalue weighted by Gasteiger charge is -2.11. The van der Waals surface area contributed by atoms with Crippen molar-refractivity contribution in [2.75, 3.05) is 17.6 Å². The molecule has 4 N–H and O–H groups in total. The van der Waals surface area contributed by atoms with Crippen LogP contribution in [0.5, 0.6) is 0 Å². The van der Waals surface area contributed by atoms with Crippen LogP contribution in [0.3, 0.4) is 0 Å². The fourth-order valence-corrected chi connectivity index (χ4v) is 1.35. The highest BCUT2D eigenvalue weighted by molar-refractivity contribution is 5.39. The first kappa shape index (κ1) is 10.1. The van der Waals surface area contributed by atoms with Gasteiger partial charge in [0.2, 0.25) is 5.95 Å². The van der Waals surface area contributed by atoms with E-state index in [0.717, 1.165) is 19.0 Å². The Bertz CT molecular complexity index is 356. The minimum atomic E-state index is -0.563. The standard InChI is InChI=1S/C9H13FN4O/c10-6-3-13-9(11)14-8(6)12-4-7(15)5-1-2-5/h3,5,7,15H,1-2,4H2,(H3,11,12,13,14). The lowest BCUT2D eigenvalue weighted by atomic mass is 10.2. The first-order chi connectivity index (χ1) is 7.16. The number of halogens is 1. The number of nitrogens with zero attached hydrogens (tertiary/aromatic N) is 2. The zero-order valence-electron chi connectivity index (χ0n) is 8.15. The van der Waals surface area contributed by atoms with Gasteiger partial charge >= 0.3 is 0 Å². The zero-order chi connectivity index (χ0) is 10.8. The van der Waals surface area contributed by atoms with Crippen molar-refractivity contribution in [2.45, 2.75) is 18.9 Å². The van der Waals surface area contributed by atoms with Crippen molar-refractivity contribution >= 4 is 11.8 Å². The van der Waals surface area contributed by atoms with Crippen molar-refractivity contribution < 1.29 is 9.50 Å². The maximum atomic E-state index is 13.1. The minimum Gasteiger partial charge on any atom is -0.391 e. The van der Waals surface area contributed by atoms with Crippen LogP contribution in [0.15, 0.2) is 6.20 Å². The molecule has 1 aliphatic rings. The molecule has 15 heavy (non-hydrogen) atoms. The molecule has 1 unspecified atom stereocenters. The quantitative estimate of drug-likeness (QED) is 0.672. The first-order valence-corrected chi connectivity index (χ1v) is 4.87. The molecule has 0 aromatic carbocycles. The van der Waals surface area contributed by atoms with Gasteiger partial charge in [-0.3, -0.25) is 0 Å². The third-order valence-electron chi connectivity index (χ3n) is 2.41. The summed E-state index contributed by atoms with van der Waals surface area (Å²) in [6.45, 7) is 0.290. The summed E-state index contributed by atoms with van der Waals surface area (Å²) < 4.78 is 13.1. The van der Waals surface area contributed by atoms with Crippen molar-refractivity contribution in [1.82, 2.24) is 9.97 Å². The van der Waals surface area contributed by atoms with Crippen molar-refractivity contribution in [2.24, 2.45) is 5.92 Å². The summed E-state index contributed by atoms with van der Waals surface area (Å²) in [6, 6.07) is 0. The summed E-state index contributed by atoms with van der Waals surface area (Å²) in [7, 11) is 0. The molecule has 1 aromatic heterocycles. The Hall–Kier alpha value is -1.43. The Morgan fingerprint density at radius 1 is 1.67 bits per heavy atom. The molecule has 1 fully saturated rings. The topological polar surface area (TPSA) is 84.1 Å². The van der Waals surface area contributed by atoms with E-state index in [2.05, 4.69) is 15.3 Å². The summed E-state index contributed by atoms with van der Waals surface area (Å²) in [5.41, 5.74) is 5.31. The van der Waals surface area contributed by atoms with Gasteiger partial charge < -0.3 is 16.2 Å². The van der Waals surface area contributed by atoms with Crippen LogP contribution in [0.2, 0.25) is 0 Å². The molecule has 1 saturated carbocycles. The molecule has 0 saturated heterocycles. The predicted octanol–water partition coefficient (Wildman–Crippen LogP) is 0.381. The highest BCUT2D eigenvalue weighted by Crippen LogP contribution is 2.32. The lowest BCUT2D eigenvalue weighted by molar-refractivity contribution is 0.164. The van der Waals surface area contributed by atoms with E-state index in [-0.39, 0.29) is 18.3 Å². The maximum Gasteiger partial charge on any atom is 0.222 e. The molecule has 1 atom stereocenters. The second-order valence-corrected chi connectivity index (χ2v) is 3.71. The molecule has 0 spiro atoms. The maximum absolute atomic E-state index is 13.1. The smallest absolute Gasteiger partial charge is 0.222 e. The van der Waals surface area contributed by atoms with Crippen LogP contribution in [-0.4, -0.2) is 27.7 Å². The predicted molar refractivity (Wildman–Crippen MR) is 53.6 cm³/mol. The van der Waals surface area contributed by atoms with Gasteiger partial charge in [-0.05, 0) is 18.8 Å². The number of nitrogens with two attached hydrogens (primary N) is 1. The van der Waals surface area contributed by atoms with Gasteiger partial charge in [-0.2, -0.15) is 4.98 Å². The van der Waals surface area contributed by atoms with Crippen molar-refractivity contribution in [1.29, 1.82) is 0 Å². The fourth-order valence-electron chi connectivity index (χ4n) is 1.35. The number of hydrogen-bond donors (Lipinski definition) is 3. The van der Waals surface area contributed by atoms with Crippen LogP contribution in [0.25, 0.3) is 0 Å². The number of aliphatic hydroxyl groups is 1. The molecule has 2 rings (SSSR count). The second kappa shape index (κ2) is 3.98. The average molecular weight is 212 g/mol. The van der Waals surface area contributed by atoms with Gasteiger partial charge in [0.05, 0.1) is 12.3 Å². The molecule has 0 bridgehead atoms. The SMILES string of the molecule is Nc1ncc(F)c(NCC(O)C2CC2)n1. The molecular weight excluding hydrogens is 199 g/mol. The third-order valence-corrected chi connectivity index (χ3v) is 2.41. The third kappa shape index (κ3) is 2.53. The van der Waals surface area contributed by atoms with Crippen LogP contribution in [0.1, 0.15) is 12.8 Å². The van der Waals surface area contributed by atoms with Crippen molar-refractivity contribution in [3.05, 3.63) is 12.0 Å². The number of nitrogens with one attached hydrogen (secondary N) is 1. The van der Waals surface area contributed by atoms with Gasteiger partial charge in [0.25, 0.3) is 0 Å². The van der Waals surface area contributed by atoms with Gasteiger partial charge in [0.15, 0.2) is 11.6 Å². The van der Waals surface area contributed by atoms with E-state index >= 15 is 0 Å². The summed E-state index contributed by atoms with van der Waals surface area (Å²) in [5, 5.41) is 12.3. The molecule has 0 amide bonds. The summed E-state index contributed by atoms with van der Waals surface area (Å²) in [4.78, 5) is 7.20.